The lowest BCUT2D eigenvalue weighted by atomic mass is 10.2. The van der Waals surface area contributed by atoms with E-state index in [9.17, 15) is 0 Å². The van der Waals surface area contributed by atoms with Crippen molar-refractivity contribution < 1.29 is 0 Å². The second-order valence-electron chi connectivity index (χ2n) is 3.49. The molecule has 2 rings (SSSR count). The van der Waals surface area contributed by atoms with Crippen molar-refractivity contribution in [2.24, 2.45) is 0 Å². The minimum Gasteiger partial charge on any atom is -0.373 e. The van der Waals surface area contributed by atoms with Gasteiger partial charge in [0.25, 0.3) is 0 Å². The van der Waals surface area contributed by atoms with Gasteiger partial charge in [0.2, 0.25) is 0 Å². The number of nitrogens with one attached hydrogen (secondary N) is 2. The van der Waals surface area contributed by atoms with E-state index in [2.05, 4.69) is 21.7 Å². The zero-order chi connectivity index (χ0) is 12.1. The molecule has 2 N–H and O–H groups in total. The average molecular weight is 224 g/mol. The second kappa shape index (κ2) is 4.99. The molecule has 1 aromatic heterocycles. The van der Waals surface area contributed by atoms with Gasteiger partial charge in [0, 0.05) is 30.7 Å². The van der Waals surface area contributed by atoms with Crippen LogP contribution in [0.15, 0.2) is 42.6 Å². The van der Waals surface area contributed by atoms with Gasteiger partial charge in [-0.3, -0.25) is 0 Å². The number of nitrogens with zero attached hydrogens (tertiary/aromatic N) is 2. The van der Waals surface area contributed by atoms with Crippen molar-refractivity contribution in [3.05, 3.63) is 48.2 Å². The highest BCUT2D eigenvalue weighted by molar-refractivity contribution is 5.62. The number of benzene rings is 1. The molecule has 0 radical (unpaired) electrons. The van der Waals surface area contributed by atoms with Crippen LogP contribution in [0, 0.1) is 11.3 Å². The standard InChI is InChI=1S/C13H12N4/c1-15-13-8-12(6-7-16-13)17-11-4-2-10(9-14)3-5-11/h2-8H,1H3,(H2,15,16,17). The van der Waals surface area contributed by atoms with Crippen LogP contribution in [-0.4, -0.2) is 12.0 Å². The smallest absolute Gasteiger partial charge is 0.127 e. The van der Waals surface area contributed by atoms with E-state index < -0.39 is 0 Å². The minimum atomic E-state index is 0.654. The van der Waals surface area contributed by atoms with Crippen molar-refractivity contribution >= 4 is 17.2 Å². The van der Waals surface area contributed by atoms with Crippen LogP contribution in [0.2, 0.25) is 0 Å². The maximum Gasteiger partial charge on any atom is 0.127 e. The van der Waals surface area contributed by atoms with Crippen LogP contribution in [0.1, 0.15) is 5.56 Å². The van der Waals surface area contributed by atoms with E-state index in [-0.39, 0.29) is 0 Å². The van der Waals surface area contributed by atoms with Gasteiger partial charge in [-0.15, -0.1) is 0 Å². The molecule has 0 fully saturated rings. The van der Waals surface area contributed by atoms with Gasteiger partial charge < -0.3 is 10.6 Å². The molecule has 2 aromatic rings. The number of rotatable bonds is 3. The van der Waals surface area contributed by atoms with Gasteiger partial charge in [0.05, 0.1) is 11.6 Å². The Bertz CT molecular complexity index is 540. The first kappa shape index (κ1) is 11.0. The number of nitriles is 1. The Hall–Kier alpha value is -2.54. The predicted octanol–water partition coefficient (Wildman–Crippen LogP) is 2.74. The zero-order valence-electron chi connectivity index (χ0n) is 9.44. The Morgan fingerprint density at radius 1 is 1.12 bits per heavy atom. The molecule has 0 unspecified atom stereocenters. The van der Waals surface area contributed by atoms with Crippen LogP contribution in [0.3, 0.4) is 0 Å². The van der Waals surface area contributed by atoms with Gasteiger partial charge in [0.1, 0.15) is 5.82 Å². The zero-order valence-corrected chi connectivity index (χ0v) is 9.44. The molecule has 0 aliphatic carbocycles. The molecule has 0 saturated carbocycles. The number of hydrogen-bond acceptors (Lipinski definition) is 4. The van der Waals surface area contributed by atoms with E-state index in [0.29, 0.717) is 5.56 Å². The molecule has 0 aliphatic heterocycles. The van der Waals surface area contributed by atoms with Gasteiger partial charge in [-0.25, -0.2) is 4.98 Å². The Morgan fingerprint density at radius 3 is 2.53 bits per heavy atom. The van der Waals surface area contributed by atoms with Crippen molar-refractivity contribution in [1.82, 2.24) is 4.98 Å². The first-order valence-electron chi connectivity index (χ1n) is 5.23. The summed E-state index contributed by atoms with van der Waals surface area (Å²) >= 11 is 0. The molecular formula is C13H12N4. The van der Waals surface area contributed by atoms with Gasteiger partial charge in [-0.2, -0.15) is 5.26 Å². The summed E-state index contributed by atoms with van der Waals surface area (Å²) in [6.07, 6.45) is 1.73. The average Bonchev–Trinajstić information content (AvgIpc) is 2.40. The molecule has 0 spiro atoms. The monoisotopic (exact) mass is 224 g/mol. The van der Waals surface area contributed by atoms with E-state index in [4.69, 9.17) is 5.26 Å². The van der Waals surface area contributed by atoms with Crippen LogP contribution < -0.4 is 10.6 Å². The maximum absolute atomic E-state index is 8.70. The van der Waals surface area contributed by atoms with E-state index in [1.807, 2.05) is 31.3 Å². The quantitative estimate of drug-likeness (QED) is 0.841. The van der Waals surface area contributed by atoms with Gasteiger partial charge in [-0.1, -0.05) is 0 Å². The van der Waals surface area contributed by atoms with Gasteiger partial charge in [-0.05, 0) is 30.3 Å². The number of hydrogen-bond donors (Lipinski definition) is 2. The summed E-state index contributed by atoms with van der Waals surface area (Å²) in [7, 11) is 1.83. The fourth-order valence-corrected chi connectivity index (χ4v) is 1.44. The molecule has 0 amide bonds. The van der Waals surface area contributed by atoms with Crippen molar-refractivity contribution in [3.8, 4) is 6.07 Å². The van der Waals surface area contributed by atoms with Crippen LogP contribution in [0.5, 0.6) is 0 Å². The minimum absolute atomic E-state index is 0.654. The van der Waals surface area contributed by atoms with Crippen molar-refractivity contribution in [1.29, 1.82) is 5.26 Å². The van der Waals surface area contributed by atoms with E-state index >= 15 is 0 Å². The maximum atomic E-state index is 8.70. The van der Waals surface area contributed by atoms with Crippen molar-refractivity contribution in [2.45, 2.75) is 0 Å². The lowest BCUT2D eigenvalue weighted by molar-refractivity contribution is 1.28. The fraction of sp³-hybridized carbons (Fsp3) is 0.0769. The molecule has 4 nitrogen and oxygen atoms in total. The summed E-state index contributed by atoms with van der Waals surface area (Å²) in [5.74, 6) is 0.809. The normalized spacial score (nSPS) is 9.41. The highest BCUT2D eigenvalue weighted by Gasteiger charge is 1.97. The highest BCUT2D eigenvalue weighted by atomic mass is 15.0. The summed E-state index contributed by atoms with van der Waals surface area (Å²) in [5.41, 5.74) is 2.55. The molecule has 1 heterocycles. The Labute approximate surface area is 99.9 Å². The van der Waals surface area contributed by atoms with Crippen molar-refractivity contribution in [3.63, 3.8) is 0 Å². The molecule has 1 aromatic carbocycles. The number of anilines is 3. The lowest BCUT2D eigenvalue weighted by Crippen LogP contribution is -1.95. The molecule has 0 saturated heterocycles. The first-order valence-corrected chi connectivity index (χ1v) is 5.23. The summed E-state index contributed by atoms with van der Waals surface area (Å²) in [4.78, 5) is 4.13. The predicted molar refractivity (Wildman–Crippen MR) is 68.2 cm³/mol. The summed E-state index contributed by atoms with van der Waals surface area (Å²) < 4.78 is 0. The van der Waals surface area contributed by atoms with E-state index in [0.717, 1.165) is 17.2 Å². The lowest BCUT2D eigenvalue weighted by Gasteiger charge is -2.07. The fourth-order valence-electron chi connectivity index (χ4n) is 1.44. The van der Waals surface area contributed by atoms with Crippen molar-refractivity contribution in [2.75, 3.05) is 17.7 Å². The third-order valence-corrected chi connectivity index (χ3v) is 2.32. The SMILES string of the molecule is CNc1cc(Nc2ccc(C#N)cc2)ccn1. The molecule has 0 bridgehead atoms. The van der Waals surface area contributed by atoms with Gasteiger partial charge >= 0.3 is 0 Å². The van der Waals surface area contributed by atoms with Crippen LogP contribution in [0.4, 0.5) is 17.2 Å². The molecule has 0 atom stereocenters. The summed E-state index contributed by atoms with van der Waals surface area (Å²) in [6.45, 7) is 0. The Morgan fingerprint density at radius 2 is 1.88 bits per heavy atom. The number of pyridine rings is 1. The number of aromatic nitrogens is 1. The largest absolute Gasteiger partial charge is 0.373 e. The molecule has 0 aliphatic rings. The summed E-state index contributed by atoms with van der Waals surface area (Å²) in [5, 5.41) is 14.9. The first-order chi connectivity index (χ1) is 8.31. The molecular weight excluding hydrogens is 212 g/mol. The molecule has 84 valence electrons. The van der Waals surface area contributed by atoms with E-state index in [1.165, 1.54) is 0 Å². The summed E-state index contributed by atoms with van der Waals surface area (Å²) in [6, 6.07) is 13.2. The topological polar surface area (TPSA) is 60.7 Å². The second-order valence-corrected chi connectivity index (χ2v) is 3.49. The highest BCUT2D eigenvalue weighted by Crippen LogP contribution is 2.18. The molecule has 4 heteroatoms. The third-order valence-electron chi connectivity index (χ3n) is 2.32. The van der Waals surface area contributed by atoms with Crippen LogP contribution in [-0.2, 0) is 0 Å². The Balaban J connectivity index is 2.16. The van der Waals surface area contributed by atoms with Crippen LogP contribution >= 0.6 is 0 Å². The van der Waals surface area contributed by atoms with Crippen LogP contribution in [0.25, 0.3) is 0 Å². The third kappa shape index (κ3) is 2.73. The van der Waals surface area contributed by atoms with Gasteiger partial charge in [0.15, 0.2) is 0 Å². The molecule has 17 heavy (non-hydrogen) atoms. The Kier molecular flexibility index (Phi) is 3.22. The van der Waals surface area contributed by atoms with E-state index in [1.54, 1.807) is 18.3 Å².